The lowest BCUT2D eigenvalue weighted by atomic mass is 9.97. The van der Waals surface area contributed by atoms with Crippen LogP contribution in [-0.4, -0.2) is 52.1 Å². The van der Waals surface area contributed by atoms with Crippen LogP contribution >= 0.6 is 0 Å². The molecule has 2 bridgehead atoms. The Hall–Kier alpha value is -2.05. The Morgan fingerprint density at radius 1 is 1.33 bits per heavy atom. The third kappa shape index (κ3) is 4.49. The van der Waals surface area contributed by atoms with Crippen molar-refractivity contribution in [1.82, 2.24) is 4.90 Å². The molecule has 2 aliphatic rings. The van der Waals surface area contributed by atoms with E-state index in [9.17, 15) is 9.59 Å². The Balaban J connectivity index is 2.17. The van der Waals surface area contributed by atoms with E-state index >= 15 is 0 Å². The van der Waals surface area contributed by atoms with Gasteiger partial charge in [0.1, 0.15) is 5.60 Å². The summed E-state index contributed by atoms with van der Waals surface area (Å²) in [5.74, 6) is -1.07. The maximum atomic E-state index is 12.6. The minimum atomic E-state index is -1.07. The largest absolute Gasteiger partial charge is 0.479 e. The van der Waals surface area contributed by atoms with E-state index in [1.54, 1.807) is 6.92 Å². The minimum absolute atomic E-state index is 0.0930. The number of carbonyl (C=O) groups excluding carboxylic acids is 1. The molecule has 1 fully saturated rings. The molecule has 0 aromatic heterocycles. The summed E-state index contributed by atoms with van der Waals surface area (Å²) in [4.78, 5) is 29.8. The maximum Gasteiger partial charge on any atom is 0.411 e. The van der Waals surface area contributed by atoms with Gasteiger partial charge in [0.25, 0.3) is 0 Å². The Morgan fingerprint density at radius 3 is 2.67 bits per heavy atom. The molecule has 2 aliphatic heterocycles. The van der Waals surface area contributed by atoms with Crippen molar-refractivity contribution >= 4 is 17.8 Å². The maximum absolute atomic E-state index is 12.6. The molecule has 134 valence electrons. The van der Waals surface area contributed by atoms with Crippen LogP contribution in [-0.2, 0) is 14.4 Å². The van der Waals surface area contributed by atoms with Crippen molar-refractivity contribution in [3.05, 3.63) is 11.6 Å². The molecule has 1 saturated heterocycles. The molecule has 7 heteroatoms. The summed E-state index contributed by atoms with van der Waals surface area (Å²) in [5.41, 5.74) is 0.990. The van der Waals surface area contributed by atoms with Crippen LogP contribution in [0.25, 0.3) is 0 Å². The number of nitrogens with zero attached hydrogens (tertiary/aromatic N) is 2. The second kappa shape index (κ2) is 7.23. The van der Waals surface area contributed by atoms with E-state index in [4.69, 9.17) is 14.7 Å². The number of carbonyl (C=O) groups is 2. The van der Waals surface area contributed by atoms with E-state index in [0.29, 0.717) is 5.71 Å². The van der Waals surface area contributed by atoms with Gasteiger partial charge in [-0.3, -0.25) is 4.90 Å². The Bertz CT molecular complexity index is 562. The van der Waals surface area contributed by atoms with Gasteiger partial charge in [0.05, 0.1) is 11.8 Å². The summed E-state index contributed by atoms with van der Waals surface area (Å²) in [6.45, 7) is 6.86. The fourth-order valence-corrected chi connectivity index (χ4v) is 3.26. The van der Waals surface area contributed by atoms with Crippen molar-refractivity contribution in [2.45, 2.75) is 71.1 Å². The number of hydrogen-bond donors (Lipinski definition) is 1. The van der Waals surface area contributed by atoms with Crippen molar-refractivity contribution in [3.8, 4) is 0 Å². The highest BCUT2D eigenvalue weighted by molar-refractivity contribution is 5.99. The average Bonchev–Trinajstić information content (AvgIpc) is 2.72. The first-order valence-corrected chi connectivity index (χ1v) is 8.29. The monoisotopic (exact) mass is 338 g/mol. The van der Waals surface area contributed by atoms with Crippen LogP contribution in [0.4, 0.5) is 4.79 Å². The van der Waals surface area contributed by atoms with E-state index < -0.39 is 18.2 Å². The number of carboxylic acids is 1. The summed E-state index contributed by atoms with van der Waals surface area (Å²) >= 11 is 0. The molecule has 2 rings (SSSR count). The highest BCUT2D eigenvalue weighted by Gasteiger charge is 2.42. The molecule has 1 amide bonds. The van der Waals surface area contributed by atoms with E-state index in [1.807, 2.05) is 25.7 Å². The predicted octanol–water partition coefficient (Wildman–Crippen LogP) is 2.95. The second-order valence-electron chi connectivity index (χ2n) is 7.22. The number of fused-ring (bicyclic) bond motifs is 2. The molecule has 0 radical (unpaired) electrons. The summed E-state index contributed by atoms with van der Waals surface area (Å²) in [6, 6.07) is 0.0795. The molecule has 0 spiro atoms. The van der Waals surface area contributed by atoms with Crippen LogP contribution in [0.2, 0.25) is 0 Å². The summed E-state index contributed by atoms with van der Waals surface area (Å²) in [5, 5.41) is 12.5. The Kier molecular flexibility index (Phi) is 5.51. The van der Waals surface area contributed by atoms with Gasteiger partial charge in [-0.15, -0.1) is 0 Å². The van der Waals surface area contributed by atoms with Crippen molar-refractivity contribution in [2.75, 3.05) is 6.61 Å². The molecular formula is C17H26N2O5. The van der Waals surface area contributed by atoms with Crippen LogP contribution < -0.4 is 0 Å². The summed E-state index contributed by atoms with van der Waals surface area (Å²) < 4.78 is 5.57. The Morgan fingerprint density at radius 2 is 2.04 bits per heavy atom. The molecule has 0 aromatic rings. The molecule has 0 aromatic carbocycles. The molecule has 0 aliphatic carbocycles. The smallest absolute Gasteiger partial charge is 0.411 e. The molecule has 24 heavy (non-hydrogen) atoms. The number of allylic oxidation sites excluding steroid dienone is 1. The van der Waals surface area contributed by atoms with Crippen LogP contribution in [0.15, 0.2) is 16.8 Å². The van der Waals surface area contributed by atoms with E-state index in [2.05, 4.69) is 11.2 Å². The number of hydrogen-bond acceptors (Lipinski definition) is 5. The lowest BCUT2D eigenvalue weighted by Crippen LogP contribution is -2.44. The average molecular weight is 338 g/mol. The van der Waals surface area contributed by atoms with Gasteiger partial charge in [-0.1, -0.05) is 11.2 Å². The van der Waals surface area contributed by atoms with Crippen molar-refractivity contribution in [1.29, 1.82) is 0 Å². The normalized spacial score (nSPS) is 24.2. The lowest BCUT2D eigenvalue weighted by Gasteiger charge is -2.32. The van der Waals surface area contributed by atoms with Gasteiger partial charge in [0.15, 0.2) is 0 Å². The molecule has 2 unspecified atom stereocenters. The highest BCUT2D eigenvalue weighted by Crippen LogP contribution is 2.36. The number of aliphatic carboxylic acids is 1. The lowest BCUT2D eigenvalue weighted by molar-refractivity contribution is -0.142. The van der Waals surface area contributed by atoms with Gasteiger partial charge in [0, 0.05) is 6.04 Å². The zero-order valence-corrected chi connectivity index (χ0v) is 14.7. The molecule has 2 heterocycles. The Labute approximate surface area is 142 Å². The third-order valence-corrected chi connectivity index (χ3v) is 4.14. The van der Waals surface area contributed by atoms with Crippen molar-refractivity contribution < 1.29 is 24.3 Å². The van der Waals surface area contributed by atoms with Gasteiger partial charge in [-0.05, 0) is 59.0 Å². The van der Waals surface area contributed by atoms with E-state index in [0.717, 1.165) is 31.3 Å². The number of ether oxygens (including phenoxy) is 1. The van der Waals surface area contributed by atoms with E-state index in [1.165, 1.54) is 0 Å². The minimum Gasteiger partial charge on any atom is -0.479 e. The second-order valence-corrected chi connectivity index (χ2v) is 7.22. The SMILES string of the molecule is C/C(=N\OCC(=O)O)C1=CCCC2CCC1N2C(=O)OC(C)(C)C. The first-order valence-electron chi connectivity index (χ1n) is 8.29. The topological polar surface area (TPSA) is 88.4 Å². The number of amides is 1. The highest BCUT2D eigenvalue weighted by atomic mass is 16.6. The fraction of sp³-hybridized carbons (Fsp3) is 0.706. The van der Waals surface area contributed by atoms with Crippen molar-refractivity contribution in [3.63, 3.8) is 0 Å². The molecule has 0 saturated carbocycles. The zero-order chi connectivity index (χ0) is 17.9. The van der Waals surface area contributed by atoms with Crippen LogP contribution in [0.1, 0.15) is 53.4 Å². The quantitative estimate of drug-likeness (QED) is 0.629. The van der Waals surface area contributed by atoms with Gasteiger partial charge >= 0.3 is 12.1 Å². The van der Waals surface area contributed by atoms with Gasteiger partial charge in [0.2, 0.25) is 6.61 Å². The van der Waals surface area contributed by atoms with Crippen molar-refractivity contribution in [2.24, 2.45) is 5.16 Å². The predicted molar refractivity (Wildman–Crippen MR) is 88.9 cm³/mol. The third-order valence-electron chi connectivity index (χ3n) is 4.14. The molecule has 7 nitrogen and oxygen atoms in total. The molecular weight excluding hydrogens is 312 g/mol. The van der Waals surface area contributed by atoms with Gasteiger partial charge in [-0.2, -0.15) is 0 Å². The van der Waals surface area contributed by atoms with Crippen LogP contribution in [0, 0.1) is 0 Å². The first-order chi connectivity index (χ1) is 11.2. The first kappa shape index (κ1) is 18.3. The van der Waals surface area contributed by atoms with Gasteiger partial charge < -0.3 is 14.7 Å². The zero-order valence-electron chi connectivity index (χ0n) is 14.7. The summed E-state index contributed by atoms with van der Waals surface area (Å²) in [7, 11) is 0. The molecule has 1 N–H and O–H groups in total. The number of oxime groups is 1. The molecule has 2 atom stereocenters. The standard InChI is InChI=1S/C17H26N2O5/c1-11(18-23-10-15(20)21)13-7-5-6-12-8-9-14(13)19(12)16(22)24-17(2,3)4/h7,12,14H,5-6,8-10H2,1-4H3,(H,20,21)/b18-11+. The van der Waals surface area contributed by atoms with Crippen LogP contribution in [0.5, 0.6) is 0 Å². The fourth-order valence-electron chi connectivity index (χ4n) is 3.26. The summed E-state index contributed by atoms with van der Waals surface area (Å²) in [6.07, 6.45) is 5.29. The number of rotatable bonds is 4. The van der Waals surface area contributed by atoms with Crippen LogP contribution in [0.3, 0.4) is 0 Å². The van der Waals surface area contributed by atoms with E-state index in [-0.39, 0.29) is 18.2 Å². The van der Waals surface area contributed by atoms with Gasteiger partial charge in [-0.25, -0.2) is 9.59 Å². The number of carboxylic acid groups (broad SMARTS) is 1.